The molecule has 6 atom stereocenters. The van der Waals surface area contributed by atoms with Crippen LogP contribution >= 0.6 is 45.8 Å². The van der Waals surface area contributed by atoms with Gasteiger partial charge in [-0.3, -0.25) is 24.1 Å². The molecule has 2 aromatic carbocycles. The standard InChI is InChI=1S/C30H26Cl2FIN2O6/c1-3-10-35-25(38)18-9-8-17-19(22(18)26(35)39)13-29(31)27(40)36(16-6-4-15(33)5-7-16)28(41)30(29,32)23(17)14-11-20(34)24(37)21(12-14)42-2/h4-8,11-12,18-19,22-23,37H,3,9-10,13H2,1-2H3/t18-,19+,22-,23-,29+,30-/m0/s1. The number of aromatic hydroxyl groups is 1. The third kappa shape index (κ3) is 3.83. The highest BCUT2D eigenvalue weighted by atomic mass is 127. The van der Waals surface area contributed by atoms with E-state index in [2.05, 4.69) is 0 Å². The number of likely N-dealkylation sites (tertiary alicyclic amines) is 1. The molecule has 2 saturated heterocycles. The van der Waals surface area contributed by atoms with Crippen molar-refractivity contribution >= 4 is 75.1 Å². The number of carbonyl (C=O) groups is 4. The maximum atomic E-state index is 14.4. The van der Waals surface area contributed by atoms with E-state index in [1.807, 2.05) is 35.6 Å². The van der Waals surface area contributed by atoms with Gasteiger partial charge in [-0.15, -0.1) is 23.2 Å². The van der Waals surface area contributed by atoms with Gasteiger partial charge in [0, 0.05) is 12.5 Å². The number of methoxy groups -OCH3 is 1. The number of imide groups is 2. The van der Waals surface area contributed by atoms with Gasteiger partial charge in [-0.1, -0.05) is 18.6 Å². The first-order valence-electron chi connectivity index (χ1n) is 13.5. The molecule has 8 nitrogen and oxygen atoms in total. The molecule has 42 heavy (non-hydrogen) atoms. The fraction of sp³-hybridized carbons (Fsp3) is 0.400. The topological polar surface area (TPSA) is 104 Å². The second-order valence-corrected chi connectivity index (χ2v) is 13.5. The van der Waals surface area contributed by atoms with Crippen LogP contribution in [0.1, 0.15) is 37.7 Å². The van der Waals surface area contributed by atoms with Crippen molar-refractivity contribution in [1.82, 2.24) is 4.90 Å². The van der Waals surface area contributed by atoms with E-state index in [0.29, 0.717) is 21.1 Å². The SMILES string of the molecule is CCCN1C(=O)[C@H]2[C@H](CC=C3[C@H]2C[C@@]2(Cl)C(=O)N(c4ccc(F)cc4)C(=O)[C@@]2(Cl)[C@H]3c2cc(I)c(O)c(OC)c2)C1=O. The summed E-state index contributed by atoms with van der Waals surface area (Å²) in [5.41, 5.74) is 1.19. The van der Waals surface area contributed by atoms with E-state index in [9.17, 15) is 28.7 Å². The van der Waals surface area contributed by atoms with Gasteiger partial charge in [0.15, 0.2) is 21.2 Å². The number of phenolic OH excluding ortho intramolecular Hbond substituents is 1. The minimum Gasteiger partial charge on any atom is -0.504 e. The highest BCUT2D eigenvalue weighted by Gasteiger charge is 2.76. The molecule has 0 bridgehead atoms. The molecular weight excluding hydrogens is 701 g/mol. The number of amides is 4. The minimum atomic E-state index is -2.06. The molecule has 12 heteroatoms. The number of nitrogens with zero attached hydrogens (tertiary/aromatic N) is 2. The van der Waals surface area contributed by atoms with Crippen LogP contribution in [-0.2, 0) is 19.2 Å². The summed E-state index contributed by atoms with van der Waals surface area (Å²) in [5.74, 6) is -5.77. The normalized spacial score (nSPS) is 32.1. The van der Waals surface area contributed by atoms with E-state index in [-0.39, 0.29) is 48.4 Å². The molecule has 0 radical (unpaired) electrons. The van der Waals surface area contributed by atoms with Crippen molar-refractivity contribution in [2.45, 2.75) is 41.9 Å². The second kappa shape index (κ2) is 10.2. The van der Waals surface area contributed by atoms with Gasteiger partial charge < -0.3 is 9.84 Å². The Labute approximate surface area is 264 Å². The monoisotopic (exact) mass is 726 g/mol. The van der Waals surface area contributed by atoms with Crippen molar-refractivity contribution in [3.8, 4) is 11.5 Å². The van der Waals surface area contributed by atoms with Crippen molar-refractivity contribution < 1.29 is 33.4 Å². The number of ether oxygens (including phenoxy) is 1. The number of anilines is 1. The fourth-order valence-electron chi connectivity index (χ4n) is 7.20. The van der Waals surface area contributed by atoms with Crippen LogP contribution in [0.5, 0.6) is 11.5 Å². The number of benzene rings is 2. The summed E-state index contributed by atoms with van der Waals surface area (Å²) in [4.78, 5) is 53.7. The van der Waals surface area contributed by atoms with E-state index >= 15 is 0 Å². The van der Waals surface area contributed by atoms with Gasteiger partial charge in [0.1, 0.15) is 5.82 Å². The largest absolute Gasteiger partial charge is 0.504 e. The van der Waals surface area contributed by atoms with Gasteiger partial charge in [0.2, 0.25) is 11.8 Å². The maximum Gasteiger partial charge on any atom is 0.258 e. The van der Waals surface area contributed by atoms with Crippen LogP contribution in [0.3, 0.4) is 0 Å². The zero-order valence-electron chi connectivity index (χ0n) is 22.6. The van der Waals surface area contributed by atoms with E-state index in [1.54, 1.807) is 12.1 Å². The molecule has 2 aliphatic heterocycles. The summed E-state index contributed by atoms with van der Waals surface area (Å²) in [7, 11) is 1.39. The molecule has 1 N–H and O–H groups in total. The minimum absolute atomic E-state index is 0.105. The van der Waals surface area contributed by atoms with Gasteiger partial charge in [-0.05, 0) is 89.7 Å². The highest BCUT2D eigenvalue weighted by Crippen LogP contribution is 2.66. The summed E-state index contributed by atoms with van der Waals surface area (Å²) >= 11 is 16.6. The van der Waals surface area contributed by atoms with Gasteiger partial charge in [-0.2, -0.15) is 0 Å². The van der Waals surface area contributed by atoms with Crippen LogP contribution in [0.4, 0.5) is 10.1 Å². The van der Waals surface area contributed by atoms with Crippen molar-refractivity contribution in [1.29, 1.82) is 0 Å². The van der Waals surface area contributed by atoms with Crippen LogP contribution in [0.2, 0.25) is 0 Å². The Balaban J connectivity index is 1.58. The van der Waals surface area contributed by atoms with E-state index in [1.165, 1.54) is 24.1 Å². The van der Waals surface area contributed by atoms with Crippen molar-refractivity contribution in [2.75, 3.05) is 18.6 Å². The summed E-state index contributed by atoms with van der Waals surface area (Å²) < 4.78 is 19.6. The lowest BCUT2D eigenvalue weighted by molar-refractivity contribution is -0.140. The molecular formula is C30H26Cl2FIN2O6. The predicted octanol–water partition coefficient (Wildman–Crippen LogP) is 5.12. The van der Waals surface area contributed by atoms with E-state index in [4.69, 9.17) is 27.9 Å². The highest BCUT2D eigenvalue weighted by molar-refractivity contribution is 14.1. The summed E-state index contributed by atoms with van der Waals surface area (Å²) in [6.45, 7) is 2.16. The van der Waals surface area contributed by atoms with Crippen LogP contribution in [0.15, 0.2) is 48.0 Å². The third-order valence-electron chi connectivity index (χ3n) is 9.04. The molecule has 0 spiro atoms. The van der Waals surface area contributed by atoms with Crippen molar-refractivity contribution in [2.24, 2.45) is 17.8 Å². The third-order valence-corrected chi connectivity index (χ3v) is 11.3. The van der Waals surface area contributed by atoms with Crippen molar-refractivity contribution in [3.05, 3.63) is 63.0 Å². The van der Waals surface area contributed by atoms with Gasteiger partial charge >= 0.3 is 0 Å². The Hall–Kier alpha value is -2.70. The molecule has 4 amide bonds. The molecule has 1 saturated carbocycles. The maximum absolute atomic E-state index is 14.4. The Morgan fingerprint density at radius 3 is 2.40 bits per heavy atom. The Bertz CT molecular complexity index is 1580. The lowest BCUT2D eigenvalue weighted by Crippen LogP contribution is -2.60. The summed E-state index contributed by atoms with van der Waals surface area (Å²) in [5, 5.41) is 10.6. The average molecular weight is 727 g/mol. The Morgan fingerprint density at radius 2 is 1.76 bits per heavy atom. The summed E-state index contributed by atoms with van der Waals surface area (Å²) in [6.07, 6.45) is 2.55. The quantitative estimate of drug-likeness (QED) is 0.199. The predicted molar refractivity (Wildman–Crippen MR) is 161 cm³/mol. The first kappa shape index (κ1) is 29.4. The molecule has 4 aliphatic rings. The van der Waals surface area contributed by atoms with E-state index < -0.39 is 51.1 Å². The van der Waals surface area contributed by atoms with Crippen LogP contribution in [-0.4, -0.2) is 57.0 Å². The number of phenols is 1. The van der Waals surface area contributed by atoms with Gasteiger partial charge in [0.25, 0.3) is 11.8 Å². The smallest absolute Gasteiger partial charge is 0.258 e. The van der Waals surface area contributed by atoms with Gasteiger partial charge in [0.05, 0.1) is 28.2 Å². The summed E-state index contributed by atoms with van der Waals surface area (Å²) in [6, 6.07) is 8.04. The molecule has 2 heterocycles. The molecule has 2 aliphatic carbocycles. The van der Waals surface area contributed by atoms with Crippen LogP contribution < -0.4 is 9.64 Å². The zero-order valence-corrected chi connectivity index (χ0v) is 26.2. The number of carbonyl (C=O) groups excluding carboxylic acids is 4. The molecule has 0 aromatic heterocycles. The van der Waals surface area contributed by atoms with E-state index in [0.717, 1.165) is 17.0 Å². The first-order valence-corrected chi connectivity index (χ1v) is 15.4. The Kier molecular flexibility index (Phi) is 7.13. The van der Waals surface area contributed by atoms with Crippen molar-refractivity contribution in [3.63, 3.8) is 0 Å². The molecule has 220 valence electrons. The lowest BCUT2D eigenvalue weighted by atomic mass is 9.56. The number of fused-ring (bicyclic) bond motifs is 4. The van der Waals surface area contributed by atoms with Gasteiger partial charge in [-0.25, -0.2) is 9.29 Å². The lowest BCUT2D eigenvalue weighted by Gasteiger charge is -2.50. The number of rotatable bonds is 5. The number of halogens is 4. The number of alkyl halides is 2. The van der Waals surface area contributed by atoms with Crippen LogP contribution in [0, 0.1) is 27.1 Å². The number of allylic oxidation sites excluding steroid dienone is 2. The molecule has 6 rings (SSSR count). The first-order chi connectivity index (χ1) is 19.9. The average Bonchev–Trinajstić information content (AvgIpc) is 3.29. The number of hydrogen-bond acceptors (Lipinski definition) is 6. The second-order valence-electron chi connectivity index (χ2n) is 11.1. The molecule has 2 aromatic rings. The fourth-order valence-corrected chi connectivity index (χ4v) is 8.76. The molecule has 0 unspecified atom stereocenters. The zero-order chi connectivity index (χ0) is 30.3. The Morgan fingerprint density at radius 1 is 1.07 bits per heavy atom. The number of hydrogen-bond donors (Lipinski definition) is 1. The van der Waals surface area contributed by atoms with Crippen LogP contribution in [0.25, 0.3) is 0 Å². The molecule has 3 fully saturated rings.